The fraction of sp³-hybridized carbons (Fsp3) is 0.370. The predicted molar refractivity (Wildman–Crippen MR) is 139 cm³/mol. The first-order valence-corrected chi connectivity index (χ1v) is 12.3. The summed E-state index contributed by atoms with van der Waals surface area (Å²) in [6.07, 6.45) is 7.53. The van der Waals surface area contributed by atoms with Crippen molar-refractivity contribution in [3.8, 4) is 17.1 Å². The summed E-state index contributed by atoms with van der Waals surface area (Å²) in [7, 11) is 1.83. The molecule has 4 heterocycles. The lowest BCUT2D eigenvalue weighted by atomic mass is 10.1. The molecule has 6 rings (SSSR count). The van der Waals surface area contributed by atoms with Crippen LogP contribution in [0.5, 0.6) is 5.75 Å². The van der Waals surface area contributed by atoms with E-state index in [1.54, 1.807) is 33.3 Å². The van der Waals surface area contributed by atoms with Crippen molar-refractivity contribution in [1.82, 2.24) is 29.2 Å². The van der Waals surface area contributed by atoms with Gasteiger partial charge in [-0.25, -0.2) is 14.8 Å². The van der Waals surface area contributed by atoms with Gasteiger partial charge >= 0.3 is 6.09 Å². The van der Waals surface area contributed by atoms with E-state index >= 15 is 0 Å². The molecule has 0 unspecified atom stereocenters. The minimum atomic E-state index is -0.557. The van der Waals surface area contributed by atoms with Crippen LogP contribution in [0.1, 0.15) is 32.8 Å². The predicted octanol–water partition coefficient (Wildman–Crippen LogP) is 3.84. The number of aryl methyl sites for hydroxylation is 2. The molecule has 37 heavy (non-hydrogen) atoms. The van der Waals surface area contributed by atoms with Gasteiger partial charge in [0.15, 0.2) is 5.82 Å². The number of amides is 1. The molecule has 1 saturated heterocycles. The van der Waals surface area contributed by atoms with Crippen molar-refractivity contribution in [3.05, 3.63) is 52.7 Å². The number of hydrogen-bond donors (Lipinski definition) is 1. The molecule has 1 fully saturated rings. The second-order valence-corrected chi connectivity index (χ2v) is 10.8. The smallest absolute Gasteiger partial charge is 0.410 e. The van der Waals surface area contributed by atoms with Crippen molar-refractivity contribution >= 4 is 33.6 Å². The molecule has 10 heteroatoms. The van der Waals surface area contributed by atoms with Crippen molar-refractivity contribution in [1.29, 1.82) is 0 Å². The molecule has 3 aromatic heterocycles. The van der Waals surface area contributed by atoms with Gasteiger partial charge in [0.1, 0.15) is 11.4 Å². The first kappa shape index (κ1) is 23.2. The Labute approximate surface area is 212 Å². The summed E-state index contributed by atoms with van der Waals surface area (Å²) in [6, 6.07) is 3.50. The number of hydrogen-bond acceptors (Lipinski definition) is 7. The topological polar surface area (TPSA) is 115 Å². The average Bonchev–Trinajstić information content (AvgIpc) is 3.54. The van der Waals surface area contributed by atoms with Gasteiger partial charge in [0.2, 0.25) is 0 Å². The van der Waals surface area contributed by atoms with Crippen LogP contribution in [0.3, 0.4) is 0 Å². The van der Waals surface area contributed by atoms with E-state index in [-0.39, 0.29) is 29.4 Å². The summed E-state index contributed by atoms with van der Waals surface area (Å²) < 4.78 is 8.86. The van der Waals surface area contributed by atoms with E-state index in [1.165, 1.54) is 6.20 Å². The number of carbonyl (C=O) groups is 1. The standard InChI is InChI=1S/C27H28N6O4/c1-14-22-16(12-31(5)30-22)9-18(23(14)34)24-28-11-19-20(29-24)6-7-32(25(19)35)21-10-17-8-15(21)13-33(17)26(36)37-27(2,3)4/h6-7,9-12,15,17,34H,8,13H2,1-5H3/t15-,17-/m1/s1. The number of fused-ring (bicyclic) bond motifs is 4. The largest absolute Gasteiger partial charge is 0.507 e. The number of pyridine rings is 1. The Kier molecular flexibility index (Phi) is 4.95. The third-order valence-electron chi connectivity index (χ3n) is 7.04. The molecule has 1 aromatic carbocycles. The molecule has 2 atom stereocenters. The Morgan fingerprint density at radius 1 is 1.27 bits per heavy atom. The van der Waals surface area contributed by atoms with Crippen molar-refractivity contribution in [2.24, 2.45) is 13.0 Å². The van der Waals surface area contributed by atoms with Gasteiger partial charge in [0, 0.05) is 54.7 Å². The van der Waals surface area contributed by atoms with Crippen LogP contribution in [0.25, 0.3) is 38.9 Å². The zero-order chi connectivity index (χ0) is 26.2. The Bertz CT molecular complexity index is 1690. The lowest BCUT2D eigenvalue weighted by Gasteiger charge is -2.29. The first-order valence-electron chi connectivity index (χ1n) is 12.3. The van der Waals surface area contributed by atoms with Crippen LogP contribution < -0.4 is 5.56 Å². The Morgan fingerprint density at radius 3 is 2.76 bits per heavy atom. The minimum absolute atomic E-state index is 0.0546. The van der Waals surface area contributed by atoms with Crippen molar-refractivity contribution in [3.63, 3.8) is 0 Å². The van der Waals surface area contributed by atoms with E-state index in [2.05, 4.69) is 15.1 Å². The van der Waals surface area contributed by atoms with E-state index in [1.807, 2.05) is 46.2 Å². The zero-order valence-corrected chi connectivity index (χ0v) is 21.4. The normalized spacial score (nSPS) is 19.2. The average molecular weight is 501 g/mol. The molecule has 1 amide bonds. The van der Waals surface area contributed by atoms with Crippen molar-refractivity contribution in [2.75, 3.05) is 6.54 Å². The zero-order valence-electron chi connectivity index (χ0n) is 21.4. The molecular formula is C27H28N6O4. The lowest BCUT2D eigenvalue weighted by molar-refractivity contribution is 0.0248. The van der Waals surface area contributed by atoms with Crippen LogP contribution in [-0.4, -0.2) is 58.6 Å². The quantitative estimate of drug-likeness (QED) is 0.445. The summed E-state index contributed by atoms with van der Waals surface area (Å²) in [5, 5.41) is 16.5. The maximum atomic E-state index is 13.4. The maximum Gasteiger partial charge on any atom is 0.410 e. The summed E-state index contributed by atoms with van der Waals surface area (Å²) in [5.41, 5.74) is 2.47. The van der Waals surface area contributed by atoms with Crippen LogP contribution in [0.4, 0.5) is 4.79 Å². The van der Waals surface area contributed by atoms with Crippen LogP contribution in [-0.2, 0) is 11.8 Å². The fourth-order valence-corrected chi connectivity index (χ4v) is 5.35. The van der Waals surface area contributed by atoms with E-state index in [4.69, 9.17) is 4.74 Å². The van der Waals surface area contributed by atoms with Gasteiger partial charge in [-0.3, -0.25) is 14.0 Å². The monoisotopic (exact) mass is 500 g/mol. The minimum Gasteiger partial charge on any atom is -0.507 e. The molecule has 2 bridgehead atoms. The Hall–Kier alpha value is -4.21. The van der Waals surface area contributed by atoms with Crippen LogP contribution in [0, 0.1) is 12.8 Å². The number of phenolic OH excluding ortho intramolecular Hbond substituents is 1. The number of benzene rings is 1. The van der Waals surface area contributed by atoms with Gasteiger partial charge in [0.25, 0.3) is 5.56 Å². The van der Waals surface area contributed by atoms with Crippen LogP contribution in [0.15, 0.2) is 41.6 Å². The number of rotatable bonds is 2. The molecule has 10 nitrogen and oxygen atoms in total. The van der Waals surface area contributed by atoms with Gasteiger partial charge in [0.05, 0.1) is 28.0 Å². The summed E-state index contributed by atoms with van der Waals surface area (Å²) in [6.45, 7) is 7.87. The summed E-state index contributed by atoms with van der Waals surface area (Å²) in [5.74, 6) is 0.461. The summed E-state index contributed by atoms with van der Waals surface area (Å²) in [4.78, 5) is 36.8. The van der Waals surface area contributed by atoms with E-state index in [9.17, 15) is 14.7 Å². The van der Waals surface area contributed by atoms with Crippen LogP contribution >= 0.6 is 0 Å². The number of likely N-dealkylation sites (tertiary alicyclic amines) is 1. The number of aromatic hydroxyl groups is 1. The van der Waals surface area contributed by atoms with E-state index in [0.717, 1.165) is 23.0 Å². The Morgan fingerprint density at radius 2 is 2.05 bits per heavy atom. The van der Waals surface area contributed by atoms with Crippen LogP contribution in [0.2, 0.25) is 0 Å². The molecule has 2 aliphatic rings. The number of phenols is 1. The molecule has 4 aromatic rings. The highest BCUT2D eigenvalue weighted by Gasteiger charge is 2.43. The number of aromatic nitrogens is 5. The molecular weight excluding hydrogens is 472 g/mol. The Balaban J connectivity index is 1.34. The third-order valence-corrected chi connectivity index (χ3v) is 7.04. The molecule has 0 radical (unpaired) electrons. The molecule has 1 N–H and O–H groups in total. The maximum absolute atomic E-state index is 13.4. The number of nitrogens with zero attached hydrogens (tertiary/aromatic N) is 6. The van der Waals surface area contributed by atoms with Gasteiger partial charge in [-0.15, -0.1) is 0 Å². The molecule has 1 aliphatic carbocycles. The molecule has 0 spiro atoms. The SMILES string of the molecule is Cc1c(O)c(-c2ncc3c(=O)n(C4=C[C@H]5C[C@@H]4CN5C(=O)OC(C)(C)C)ccc3n2)cc2cn(C)nc12. The van der Waals surface area contributed by atoms with Gasteiger partial charge in [-0.1, -0.05) is 0 Å². The molecule has 1 aliphatic heterocycles. The van der Waals surface area contributed by atoms with Crippen molar-refractivity contribution in [2.45, 2.75) is 45.8 Å². The fourth-order valence-electron chi connectivity index (χ4n) is 5.35. The summed E-state index contributed by atoms with van der Waals surface area (Å²) >= 11 is 0. The number of ether oxygens (including phenoxy) is 1. The first-order chi connectivity index (χ1) is 17.5. The van der Waals surface area contributed by atoms with Crippen molar-refractivity contribution < 1.29 is 14.6 Å². The highest BCUT2D eigenvalue weighted by atomic mass is 16.6. The highest BCUT2D eigenvalue weighted by Crippen LogP contribution is 2.40. The second-order valence-electron chi connectivity index (χ2n) is 10.8. The van der Waals surface area contributed by atoms with Gasteiger partial charge in [-0.2, -0.15) is 5.10 Å². The highest BCUT2D eigenvalue weighted by molar-refractivity contribution is 5.91. The van der Waals surface area contributed by atoms with Gasteiger partial charge in [-0.05, 0) is 52.3 Å². The number of carbonyl (C=O) groups excluding carboxylic acids is 1. The molecule has 0 saturated carbocycles. The lowest BCUT2D eigenvalue weighted by Crippen LogP contribution is -2.41. The van der Waals surface area contributed by atoms with E-state index < -0.39 is 5.60 Å². The molecule has 190 valence electrons. The third kappa shape index (κ3) is 3.75. The van der Waals surface area contributed by atoms with Gasteiger partial charge < -0.3 is 14.7 Å². The second kappa shape index (κ2) is 7.89. The van der Waals surface area contributed by atoms with E-state index in [0.29, 0.717) is 34.4 Å².